The SMILES string of the molecule is COc1c(F)cc(NCCCc2ccccc2)cc1F. The van der Waals surface area contributed by atoms with Crippen LogP contribution in [0.2, 0.25) is 0 Å². The van der Waals surface area contributed by atoms with Crippen molar-refractivity contribution in [1.82, 2.24) is 0 Å². The number of halogens is 2. The first-order valence-corrected chi connectivity index (χ1v) is 6.51. The van der Waals surface area contributed by atoms with Crippen molar-refractivity contribution in [1.29, 1.82) is 0 Å². The van der Waals surface area contributed by atoms with E-state index in [2.05, 4.69) is 22.2 Å². The number of anilines is 1. The van der Waals surface area contributed by atoms with E-state index in [0.29, 0.717) is 12.2 Å². The molecule has 20 heavy (non-hydrogen) atoms. The molecule has 106 valence electrons. The van der Waals surface area contributed by atoms with Gasteiger partial charge in [0, 0.05) is 24.4 Å². The van der Waals surface area contributed by atoms with Crippen LogP contribution in [-0.4, -0.2) is 13.7 Å². The molecule has 0 aliphatic rings. The van der Waals surface area contributed by atoms with E-state index < -0.39 is 11.6 Å². The van der Waals surface area contributed by atoms with Crippen molar-refractivity contribution in [2.45, 2.75) is 12.8 Å². The second kappa shape index (κ2) is 6.89. The number of rotatable bonds is 6. The zero-order valence-corrected chi connectivity index (χ0v) is 11.3. The monoisotopic (exact) mass is 277 g/mol. The topological polar surface area (TPSA) is 21.3 Å². The molecule has 2 nitrogen and oxygen atoms in total. The molecule has 0 saturated heterocycles. The molecule has 0 atom stereocenters. The maximum atomic E-state index is 13.5. The third-order valence-corrected chi connectivity index (χ3v) is 3.02. The lowest BCUT2D eigenvalue weighted by Crippen LogP contribution is -2.04. The van der Waals surface area contributed by atoms with Gasteiger partial charge in [0.05, 0.1) is 7.11 Å². The number of methoxy groups -OCH3 is 1. The summed E-state index contributed by atoms with van der Waals surface area (Å²) in [6, 6.07) is 12.6. The predicted molar refractivity (Wildman–Crippen MR) is 76.2 cm³/mol. The molecule has 0 aromatic heterocycles. The van der Waals surface area contributed by atoms with Gasteiger partial charge in [-0.1, -0.05) is 30.3 Å². The highest BCUT2D eigenvalue weighted by Gasteiger charge is 2.10. The summed E-state index contributed by atoms with van der Waals surface area (Å²) < 4.78 is 31.6. The van der Waals surface area contributed by atoms with Crippen LogP contribution >= 0.6 is 0 Å². The molecule has 0 aliphatic carbocycles. The van der Waals surface area contributed by atoms with E-state index in [4.69, 9.17) is 0 Å². The van der Waals surface area contributed by atoms with E-state index in [0.717, 1.165) is 12.8 Å². The fourth-order valence-electron chi connectivity index (χ4n) is 2.03. The Morgan fingerprint density at radius 2 is 1.70 bits per heavy atom. The van der Waals surface area contributed by atoms with Gasteiger partial charge in [-0.15, -0.1) is 0 Å². The Labute approximate surface area is 117 Å². The third-order valence-electron chi connectivity index (χ3n) is 3.02. The second-order valence-corrected chi connectivity index (χ2v) is 4.49. The van der Waals surface area contributed by atoms with Crippen molar-refractivity contribution >= 4 is 5.69 Å². The van der Waals surface area contributed by atoms with Gasteiger partial charge in [-0.05, 0) is 18.4 Å². The molecule has 4 heteroatoms. The number of hydrogen-bond acceptors (Lipinski definition) is 2. The predicted octanol–water partition coefficient (Wildman–Crippen LogP) is 4.02. The molecule has 0 heterocycles. The molecule has 2 aromatic rings. The van der Waals surface area contributed by atoms with Crippen LogP contribution in [-0.2, 0) is 6.42 Å². The van der Waals surface area contributed by atoms with Crippen LogP contribution in [0.1, 0.15) is 12.0 Å². The molecule has 0 fully saturated rings. The van der Waals surface area contributed by atoms with Gasteiger partial charge < -0.3 is 10.1 Å². The first-order valence-electron chi connectivity index (χ1n) is 6.51. The van der Waals surface area contributed by atoms with E-state index in [-0.39, 0.29) is 5.75 Å². The summed E-state index contributed by atoms with van der Waals surface area (Å²) in [5, 5.41) is 3.01. The summed E-state index contributed by atoms with van der Waals surface area (Å²) in [5.74, 6) is -1.74. The van der Waals surface area contributed by atoms with Gasteiger partial charge in [0.1, 0.15) is 0 Å². The van der Waals surface area contributed by atoms with Crippen LogP contribution in [0, 0.1) is 11.6 Å². The van der Waals surface area contributed by atoms with E-state index in [1.165, 1.54) is 24.8 Å². The van der Waals surface area contributed by atoms with E-state index in [9.17, 15) is 8.78 Å². The molecule has 0 amide bonds. The summed E-state index contributed by atoms with van der Waals surface area (Å²) in [6.45, 7) is 0.653. The van der Waals surface area contributed by atoms with Crippen molar-refractivity contribution in [2.24, 2.45) is 0 Å². The Bertz CT molecular complexity index is 535. The summed E-state index contributed by atoms with van der Waals surface area (Å²) in [6.07, 6.45) is 1.81. The summed E-state index contributed by atoms with van der Waals surface area (Å²) in [7, 11) is 1.24. The lowest BCUT2D eigenvalue weighted by atomic mass is 10.1. The Morgan fingerprint density at radius 1 is 1.05 bits per heavy atom. The third kappa shape index (κ3) is 3.70. The van der Waals surface area contributed by atoms with Gasteiger partial charge in [-0.3, -0.25) is 0 Å². The normalized spacial score (nSPS) is 10.3. The highest BCUT2D eigenvalue weighted by atomic mass is 19.1. The smallest absolute Gasteiger partial charge is 0.190 e. The fourth-order valence-corrected chi connectivity index (χ4v) is 2.03. The lowest BCUT2D eigenvalue weighted by molar-refractivity contribution is 0.360. The lowest BCUT2D eigenvalue weighted by Gasteiger charge is -2.09. The average Bonchev–Trinajstić information content (AvgIpc) is 2.44. The zero-order chi connectivity index (χ0) is 14.4. The molecular formula is C16H17F2NO. The molecular weight excluding hydrogens is 260 g/mol. The van der Waals surface area contributed by atoms with E-state index >= 15 is 0 Å². The highest BCUT2D eigenvalue weighted by molar-refractivity contribution is 5.48. The van der Waals surface area contributed by atoms with Gasteiger partial charge in [-0.2, -0.15) is 0 Å². The van der Waals surface area contributed by atoms with Crippen molar-refractivity contribution in [2.75, 3.05) is 19.0 Å². The number of hydrogen-bond donors (Lipinski definition) is 1. The van der Waals surface area contributed by atoms with Crippen molar-refractivity contribution in [3.05, 3.63) is 59.7 Å². The minimum absolute atomic E-state index is 0.347. The van der Waals surface area contributed by atoms with Crippen LogP contribution < -0.4 is 10.1 Å². The molecule has 0 radical (unpaired) electrons. The molecule has 0 unspecified atom stereocenters. The molecule has 1 N–H and O–H groups in total. The second-order valence-electron chi connectivity index (χ2n) is 4.49. The maximum absolute atomic E-state index is 13.5. The van der Waals surface area contributed by atoms with Crippen LogP contribution in [0.25, 0.3) is 0 Å². The van der Waals surface area contributed by atoms with Crippen LogP contribution in [0.5, 0.6) is 5.75 Å². The Balaban J connectivity index is 1.85. The van der Waals surface area contributed by atoms with Gasteiger partial charge >= 0.3 is 0 Å². The summed E-state index contributed by atoms with van der Waals surface area (Å²) in [4.78, 5) is 0. The number of aryl methyl sites for hydroxylation is 1. The van der Waals surface area contributed by atoms with Gasteiger partial charge in [-0.25, -0.2) is 8.78 Å². The Hall–Kier alpha value is -2.10. The summed E-state index contributed by atoms with van der Waals surface area (Å²) in [5.41, 5.74) is 1.68. The molecule has 0 bridgehead atoms. The molecule has 0 spiro atoms. The van der Waals surface area contributed by atoms with Crippen molar-refractivity contribution in [3.8, 4) is 5.75 Å². The van der Waals surface area contributed by atoms with Crippen LogP contribution in [0.15, 0.2) is 42.5 Å². The fraction of sp³-hybridized carbons (Fsp3) is 0.250. The maximum Gasteiger partial charge on any atom is 0.190 e. The van der Waals surface area contributed by atoms with E-state index in [1.54, 1.807) is 0 Å². The zero-order valence-electron chi connectivity index (χ0n) is 11.3. The largest absolute Gasteiger partial charge is 0.491 e. The first kappa shape index (κ1) is 14.3. The number of nitrogens with one attached hydrogen (secondary N) is 1. The highest BCUT2D eigenvalue weighted by Crippen LogP contribution is 2.25. The first-order chi connectivity index (χ1) is 9.70. The number of ether oxygens (including phenoxy) is 1. The van der Waals surface area contributed by atoms with Gasteiger partial charge in [0.15, 0.2) is 17.4 Å². The summed E-state index contributed by atoms with van der Waals surface area (Å²) >= 11 is 0. The standard InChI is InChI=1S/C16H17F2NO/c1-20-16-14(17)10-13(11-15(16)18)19-9-5-8-12-6-3-2-4-7-12/h2-4,6-7,10-11,19H,5,8-9H2,1H3. The van der Waals surface area contributed by atoms with Crippen LogP contribution in [0.3, 0.4) is 0 Å². The minimum Gasteiger partial charge on any atom is -0.491 e. The minimum atomic E-state index is -0.696. The average molecular weight is 277 g/mol. The Morgan fingerprint density at radius 3 is 2.30 bits per heavy atom. The molecule has 2 aromatic carbocycles. The molecule has 2 rings (SSSR count). The van der Waals surface area contributed by atoms with Gasteiger partial charge in [0.2, 0.25) is 0 Å². The Kier molecular flexibility index (Phi) is 4.93. The quantitative estimate of drug-likeness (QED) is 0.805. The van der Waals surface area contributed by atoms with Crippen LogP contribution in [0.4, 0.5) is 14.5 Å². The molecule has 0 saturated carbocycles. The van der Waals surface area contributed by atoms with E-state index in [1.807, 2.05) is 18.2 Å². The van der Waals surface area contributed by atoms with Crippen molar-refractivity contribution in [3.63, 3.8) is 0 Å². The number of benzene rings is 2. The van der Waals surface area contributed by atoms with Gasteiger partial charge in [0.25, 0.3) is 0 Å². The van der Waals surface area contributed by atoms with Crippen molar-refractivity contribution < 1.29 is 13.5 Å². The molecule has 0 aliphatic heterocycles.